The van der Waals surface area contributed by atoms with Gasteiger partial charge in [-0.25, -0.2) is 8.42 Å². The number of likely N-dealkylation sites (tertiary alicyclic amines) is 1. The lowest BCUT2D eigenvalue weighted by Gasteiger charge is -2.32. The molecule has 1 heterocycles. The summed E-state index contributed by atoms with van der Waals surface area (Å²) in [5, 5.41) is 2.98. The minimum absolute atomic E-state index is 0.0218. The smallest absolute Gasteiger partial charge is 0.251 e. The zero-order chi connectivity index (χ0) is 19.2. The molecule has 2 rings (SSSR count). The van der Waals surface area contributed by atoms with Crippen LogP contribution in [0.3, 0.4) is 0 Å². The summed E-state index contributed by atoms with van der Waals surface area (Å²) in [7, 11) is -3.64. The van der Waals surface area contributed by atoms with Gasteiger partial charge in [-0.3, -0.25) is 4.79 Å². The van der Waals surface area contributed by atoms with Crippen LogP contribution in [0.15, 0.2) is 29.2 Å². The zero-order valence-electron chi connectivity index (χ0n) is 15.4. The van der Waals surface area contributed by atoms with Crippen LogP contribution in [-0.4, -0.2) is 51.4 Å². The van der Waals surface area contributed by atoms with Gasteiger partial charge in [0.2, 0.25) is 10.0 Å². The van der Waals surface area contributed by atoms with Crippen molar-refractivity contribution in [3.05, 3.63) is 29.8 Å². The third-order valence-electron chi connectivity index (χ3n) is 4.44. The van der Waals surface area contributed by atoms with Gasteiger partial charge in [-0.15, -0.1) is 6.42 Å². The first-order valence-electron chi connectivity index (χ1n) is 8.88. The van der Waals surface area contributed by atoms with Gasteiger partial charge in [0.25, 0.3) is 5.91 Å². The topological polar surface area (TPSA) is 78.5 Å². The summed E-state index contributed by atoms with van der Waals surface area (Å²) in [6.07, 6.45) is 7.53. The Morgan fingerprint density at radius 2 is 2.08 bits per heavy atom. The minimum atomic E-state index is -3.64. The molecule has 1 fully saturated rings. The monoisotopic (exact) mass is 377 g/mol. The number of hydrogen-bond donors (Lipinski definition) is 2. The molecule has 7 heteroatoms. The van der Waals surface area contributed by atoms with Gasteiger partial charge in [-0.05, 0) is 56.5 Å². The number of rotatable bonds is 7. The molecule has 0 bridgehead atoms. The van der Waals surface area contributed by atoms with Gasteiger partial charge in [0.15, 0.2) is 0 Å². The van der Waals surface area contributed by atoms with Gasteiger partial charge >= 0.3 is 0 Å². The fourth-order valence-electron chi connectivity index (χ4n) is 3.20. The van der Waals surface area contributed by atoms with E-state index >= 15 is 0 Å². The first-order chi connectivity index (χ1) is 12.3. The van der Waals surface area contributed by atoms with E-state index in [1.54, 1.807) is 0 Å². The molecule has 1 saturated heterocycles. The first kappa shape index (κ1) is 20.4. The van der Waals surface area contributed by atoms with E-state index in [0.29, 0.717) is 11.5 Å². The van der Waals surface area contributed by atoms with Gasteiger partial charge in [0, 0.05) is 24.7 Å². The second kappa shape index (κ2) is 9.17. The lowest BCUT2D eigenvalue weighted by Crippen LogP contribution is -2.45. The van der Waals surface area contributed by atoms with Crippen LogP contribution in [0.4, 0.5) is 0 Å². The summed E-state index contributed by atoms with van der Waals surface area (Å²) >= 11 is 0. The number of benzene rings is 1. The summed E-state index contributed by atoms with van der Waals surface area (Å²) in [5.74, 6) is 2.72. The Balaban J connectivity index is 1.92. The molecule has 1 aromatic carbocycles. The third kappa shape index (κ3) is 5.84. The Morgan fingerprint density at radius 1 is 1.38 bits per heavy atom. The second-order valence-corrected chi connectivity index (χ2v) is 8.70. The van der Waals surface area contributed by atoms with Gasteiger partial charge in [0.1, 0.15) is 0 Å². The molecule has 1 amide bonds. The number of carbonyl (C=O) groups excluding carboxylic acids is 1. The molecule has 142 valence electrons. The lowest BCUT2D eigenvalue weighted by molar-refractivity contribution is 0.0920. The molecule has 0 saturated carbocycles. The maximum atomic E-state index is 12.4. The second-order valence-electron chi connectivity index (χ2n) is 6.93. The van der Waals surface area contributed by atoms with Crippen molar-refractivity contribution in [1.82, 2.24) is 14.9 Å². The zero-order valence-corrected chi connectivity index (χ0v) is 16.2. The fraction of sp³-hybridized carbons (Fsp3) is 0.526. The van der Waals surface area contributed by atoms with Crippen molar-refractivity contribution in [2.24, 2.45) is 5.92 Å². The Morgan fingerprint density at radius 3 is 2.69 bits per heavy atom. The molecule has 6 nitrogen and oxygen atoms in total. The highest BCUT2D eigenvalue weighted by atomic mass is 32.2. The highest BCUT2D eigenvalue weighted by Crippen LogP contribution is 2.15. The molecule has 0 spiro atoms. The molecular weight excluding hydrogens is 350 g/mol. The van der Waals surface area contributed by atoms with Crippen molar-refractivity contribution in [1.29, 1.82) is 0 Å². The average molecular weight is 378 g/mol. The first-order valence-corrected chi connectivity index (χ1v) is 10.4. The van der Waals surface area contributed by atoms with Crippen molar-refractivity contribution in [2.75, 3.05) is 26.2 Å². The van der Waals surface area contributed by atoms with E-state index in [0.717, 1.165) is 19.6 Å². The molecule has 1 aliphatic heterocycles. The highest BCUT2D eigenvalue weighted by molar-refractivity contribution is 7.89. The number of piperidine rings is 1. The molecule has 1 aromatic rings. The highest BCUT2D eigenvalue weighted by Gasteiger charge is 2.19. The molecule has 0 aliphatic carbocycles. The average Bonchev–Trinajstić information content (AvgIpc) is 2.60. The van der Waals surface area contributed by atoms with Crippen molar-refractivity contribution in [3.8, 4) is 12.3 Å². The van der Waals surface area contributed by atoms with E-state index in [1.807, 2.05) is 6.92 Å². The minimum Gasteiger partial charge on any atom is -0.348 e. The van der Waals surface area contributed by atoms with E-state index in [2.05, 4.69) is 27.8 Å². The fourth-order valence-corrected chi connectivity index (χ4v) is 4.13. The number of terminal acetylenes is 1. The Labute approximate surface area is 156 Å². The van der Waals surface area contributed by atoms with E-state index < -0.39 is 10.0 Å². The normalized spacial score (nSPS) is 19.5. The SMILES string of the molecule is C#CCNS(=O)(=O)c1ccc(C(=O)N[C@@H](C)CN2CCC[C@@H](C)C2)cc1. The quantitative estimate of drug-likeness (QED) is 0.705. The number of nitrogens with zero attached hydrogens (tertiary/aromatic N) is 1. The van der Waals surface area contributed by atoms with E-state index in [1.165, 1.54) is 37.1 Å². The van der Waals surface area contributed by atoms with Gasteiger partial charge < -0.3 is 10.2 Å². The van der Waals surface area contributed by atoms with E-state index in [9.17, 15) is 13.2 Å². The summed E-state index contributed by atoms with van der Waals surface area (Å²) in [6.45, 7) is 7.12. The number of nitrogens with one attached hydrogen (secondary N) is 2. The molecule has 0 unspecified atom stereocenters. The predicted molar refractivity (Wildman–Crippen MR) is 102 cm³/mol. The molecule has 0 radical (unpaired) electrons. The Kier molecular flexibility index (Phi) is 7.21. The van der Waals surface area contributed by atoms with Crippen molar-refractivity contribution >= 4 is 15.9 Å². The van der Waals surface area contributed by atoms with Crippen molar-refractivity contribution in [3.63, 3.8) is 0 Å². The lowest BCUT2D eigenvalue weighted by atomic mass is 10.00. The van der Waals surface area contributed by atoms with Crippen LogP contribution in [0.2, 0.25) is 0 Å². The van der Waals surface area contributed by atoms with E-state index in [4.69, 9.17) is 6.42 Å². The van der Waals surface area contributed by atoms with Crippen LogP contribution >= 0.6 is 0 Å². The molecule has 2 N–H and O–H groups in total. The van der Waals surface area contributed by atoms with Crippen molar-refractivity contribution < 1.29 is 13.2 Å². The number of carbonyl (C=O) groups is 1. The summed E-state index contributed by atoms with van der Waals surface area (Å²) in [4.78, 5) is 14.8. The van der Waals surface area contributed by atoms with Crippen LogP contribution in [0.25, 0.3) is 0 Å². The maximum Gasteiger partial charge on any atom is 0.251 e. The molecule has 0 aromatic heterocycles. The Hall–Kier alpha value is -1.88. The van der Waals surface area contributed by atoms with Crippen molar-refractivity contribution in [2.45, 2.75) is 37.6 Å². The van der Waals surface area contributed by atoms with Crippen LogP contribution in [0.5, 0.6) is 0 Å². The largest absolute Gasteiger partial charge is 0.348 e. The summed E-state index contributed by atoms with van der Waals surface area (Å²) in [5.41, 5.74) is 0.430. The van der Waals surface area contributed by atoms with E-state index in [-0.39, 0.29) is 23.4 Å². The van der Waals surface area contributed by atoms with Crippen LogP contribution in [0, 0.1) is 18.3 Å². The standard InChI is InChI=1S/C19H27N3O3S/c1-4-11-20-26(24,25)18-9-7-17(8-10-18)19(23)21-16(3)14-22-12-5-6-15(2)13-22/h1,7-10,15-16,20H,5-6,11-14H2,2-3H3,(H,21,23)/t15-,16+/m1/s1. The Bertz CT molecular complexity index is 753. The van der Waals surface area contributed by atoms with Gasteiger partial charge in [0.05, 0.1) is 11.4 Å². The summed E-state index contributed by atoms with van der Waals surface area (Å²) in [6, 6.07) is 5.86. The third-order valence-corrected chi connectivity index (χ3v) is 5.86. The number of hydrogen-bond acceptors (Lipinski definition) is 4. The van der Waals surface area contributed by atoms with Crippen LogP contribution in [-0.2, 0) is 10.0 Å². The maximum absolute atomic E-state index is 12.4. The summed E-state index contributed by atoms with van der Waals surface area (Å²) < 4.78 is 26.3. The molecule has 1 aliphatic rings. The van der Waals surface area contributed by atoms with Crippen LogP contribution < -0.4 is 10.0 Å². The van der Waals surface area contributed by atoms with Crippen LogP contribution in [0.1, 0.15) is 37.0 Å². The van der Waals surface area contributed by atoms with Gasteiger partial charge in [-0.1, -0.05) is 12.8 Å². The molecular formula is C19H27N3O3S. The molecule has 26 heavy (non-hydrogen) atoms. The van der Waals surface area contributed by atoms with Gasteiger partial charge in [-0.2, -0.15) is 4.72 Å². The number of sulfonamides is 1. The predicted octanol–water partition coefficient (Wildman–Crippen LogP) is 1.45. The number of amides is 1. The molecule has 2 atom stereocenters.